The van der Waals surface area contributed by atoms with Crippen LogP contribution in [0.3, 0.4) is 0 Å². The lowest BCUT2D eigenvalue weighted by Crippen LogP contribution is -2.58. The molecule has 1 aliphatic heterocycles. The number of benzene rings is 3. The summed E-state index contributed by atoms with van der Waals surface area (Å²) in [5.41, 5.74) is 9.55. The Balaban J connectivity index is 1.56. The number of urea groups is 1. The van der Waals surface area contributed by atoms with Gasteiger partial charge in [-0.3, -0.25) is 9.69 Å². The molecule has 0 saturated carbocycles. The molecule has 3 aromatic carbocycles. The monoisotopic (exact) mass is 428 g/mol. The number of hydrogen-bond acceptors (Lipinski definition) is 3. The average Bonchev–Trinajstić information content (AvgIpc) is 2.82. The first kappa shape index (κ1) is 21.6. The minimum Gasteiger partial charge on any atom is -0.352 e. The number of primary amides is 1. The molecule has 3 N–H and O–H groups in total. The van der Waals surface area contributed by atoms with Crippen molar-refractivity contribution in [3.8, 4) is 11.1 Å². The highest BCUT2D eigenvalue weighted by atomic mass is 16.2. The van der Waals surface area contributed by atoms with Gasteiger partial charge >= 0.3 is 6.03 Å². The Morgan fingerprint density at radius 2 is 1.62 bits per heavy atom. The predicted octanol–water partition coefficient (Wildman–Crippen LogP) is 3.28. The SMILES string of the molecule is NC(=O)NCCN1CC(=O)N(c2cccc(-c3ccccc3)c2)C[C@@H]1Cc1ccccc1. The lowest BCUT2D eigenvalue weighted by molar-refractivity contribution is -0.122. The Kier molecular flexibility index (Phi) is 6.82. The van der Waals surface area contributed by atoms with Crippen molar-refractivity contribution in [1.82, 2.24) is 10.2 Å². The maximum atomic E-state index is 13.1. The molecule has 1 heterocycles. The third-order valence-corrected chi connectivity index (χ3v) is 5.83. The number of amides is 3. The molecular weight excluding hydrogens is 400 g/mol. The second-order valence-corrected chi connectivity index (χ2v) is 8.03. The van der Waals surface area contributed by atoms with E-state index in [1.54, 1.807) is 0 Å². The van der Waals surface area contributed by atoms with Crippen LogP contribution in [0, 0.1) is 0 Å². The van der Waals surface area contributed by atoms with Crippen LogP contribution < -0.4 is 16.0 Å². The topological polar surface area (TPSA) is 78.7 Å². The van der Waals surface area contributed by atoms with Gasteiger partial charge < -0.3 is 16.0 Å². The summed E-state index contributed by atoms with van der Waals surface area (Å²) in [5, 5.41) is 2.63. The molecule has 0 unspecified atom stereocenters. The third-order valence-electron chi connectivity index (χ3n) is 5.83. The number of piperazine rings is 1. The van der Waals surface area contributed by atoms with Gasteiger partial charge in [-0.05, 0) is 35.2 Å². The zero-order chi connectivity index (χ0) is 22.3. The fourth-order valence-electron chi connectivity index (χ4n) is 4.21. The molecule has 3 aromatic rings. The molecule has 4 rings (SSSR count). The highest BCUT2D eigenvalue weighted by Crippen LogP contribution is 2.27. The number of nitrogens with zero attached hydrogens (tertiary/aromatic N) is 2. The minimum absolute atomic E-state index is 0.0543. The van der Waals surface area contributed by atoms with E-state index in [0.29, 0.717) is 26.2 Å². The smallest absolute Gasteiger partial charge is 0.312 e. The van der Waals surface area contributed by atoms with E-state index in [-0.39, 0.29) is 11.9 Å². The molecular formula is C26H28N4O2. The van der Waals surface area contributed by atoms with Crippen LogP contribution in [0.25, 0.3) is 11.1 Å². The Bertz CT molecular complexity index is 1060. The summed E-state index contributed by atoms with van der Waals surface area (Å²) in [4.78, 5) is 28.2. The van der Waals surface area contributed by atoms with Crippen LogP contribution in [0.15, 0.2) is 84.9 Å². The van der Waals surface area contributed by atoms with Crippen molar-refractivity contribution in [2.75, 3.05) is 31.1 Å². The van der Waals surface area contributed by atoms with E-state index in [9.17, 15) is 9.59 Å². The Labute approximate surface area is 188 Å². The van der Waals surface area contributed by atoms with Crippen LogP contribution in [-0.4, -0.2) is 49.1 Å². The standard InChI is InChI=1S/C26H28N4O2/c27-26(32)28-14-15-29-19-25(31)30(18-24(29)16-20-8-3-1-4-9-20)23-13-7-12-22(17-23)21-10-5-2-6-11-21/h1-13,17,24H,14-16,18-19H2,(H3,27,28,32)/t24-/m0/s1. The molecule has 1 atom stereocenters. The van der Waals surface area contributed by atoms with Crippen LogP contribution in [0.1, 0.15) is 5.56 Å². The van der Waals surface area contributed by atoms with Gasteiger partial charge in [0.2, 0.25) is 5.91 Å². The number of anilines is 1. The lowest BCUT2D eigenvalue weighted by Gasteiger charge is -2.41. The van der Waals surface area contributed by atoms with Crippen LogP contribution in [0.5, 0.6) is 0 Å². The van der Waals surface area contributed by atoms with E-state index in [1.807, 2.05) is 53.4 Å². The van der Waals surface area contributed by atoms with Gasteiger partial charge in [0.25, 0.3) is 0 Å². The molecule has 1 saturated heterocycles. The normalized spacial score (nSPS) is 16.7. The molecule has 6 heteroatoms. The van der Waals surface area contributed by atoms with Crippen LogP contribution in [0.4, 0.5) is 10.5 Å². The molecule has 1 fully saturated rings. The van der Waals surface area contributed by atoms with E-state index >= 15 is 0 Å². The molecule has 164 valence electrons. The number of carbonyl (C=O) groups excluding carboxylic acids is 2. The maximum absolute atomic E-state index is 13.1. The van der Waals surface area contributed by atoms with Gasteiger partial charge in [0, 0.05) is 31.4 Å². The van der Waals surface area contributed by atoms with Crippen molar-refractivity contribution in [3.05, 3.63) is 90.5 Å². The molecule has 0 bridgehead atoms. The highest BCUT2D eigenvalue weighted by molar-refractivity contribution is 5.96. The van der Waals surface area contributed by atoms with Gasteiger partial charge in [-0.2, -0.15) is 0 Å². The summed E-state index contributed by atoms with van der Waals surface area (Å²) in [7, 11) is 0. The van der Waals surface area contributed by atoms with Gasteiger partial charge in [0.05, 0.1) is 6.54 Å². The Morgan fingerprint density at radius 1 is 0.938 bits per heavy atom. The van der Waals surface area contributed by atoms with Crippen molar-refractivity contribution >= 4 is 17.6 Å². The summed E-state index contributed by atoms with van der Waals surface area (Å²) in [6.45, 7) is 1.87. The van der Waals surface area contributed by atoms with E-state index in [0.717, 1.165) is 23.2 Å². The minimum atomic E-state index is -0.549. The molecule has 3 amide bonds. The predicted molar refractivity (Wildman–Crippen MR) is 127 cm³/mol. The summed E-state index contributed by atoms with van der Waals surface area (Å²) in [6, 6.07) is 28.2. The number of nitrogens with one attached hydrogen (secondary N) is 1. The largest absolute Gasteiger partial charge is 0.352 e. The van der Waals surface area contributed by atoms with Gasteiger partial charge in [0.15, 0.2) is 0 Å². The van der Waals surface area contributed by atoms with Gasteiger partial charge in [-0.25, -0.2) is 4.79 Å². The van der Waals surface area contributed by atoms with E-state index < -0.39 is 6.03 Å². The van der Waals surface area contributed by atoms with Crippen molar-refractivity contribution in [1.29, 1.82) is 0 Å². The molecule has 0 aliphatic carbocycles. The highest BCUT2D eigenvalue weighted by Gasteiger charge is 2.32. The quantitative estimate of drug-likeness (QED) is 0.606. The number of rotatable bonds is 7. The van der Waals surface area contributed by atoms with E-state index in [1.165, 1.54) is 5.56 Å². The van der Waals surface area contributed by atoms with Crippen LogP contribution in [0.2, 0.25) is 0 Å². The molecule has 0 spiro atoms. The summed E-state index contributed by atoms with van der Waals surface area (Å²) in [5.74, 6) is 0.0543. The van der Waals surface area contributed by atoms with Gasteiger partial charge in [-0.15, -0.1) is 0 Å². The molecule has 0 aromatic heterocycles. The first-order valence-electron chi connectivity index (χ1n) is 10.9. The van der Waals surface area contributed by atoms with Crippen molar-refractivity contribution in [2.24, 2.45) is 5.73 Å². The van der Waals surface area contributed by atoms with Crippen molar-refractivity contribution < 1.29 is 9.59 Å². The molecule has 6 nitrogen and oxygen atoms in total. The van der Waals surface area contributed by atoms with Crippen LogP contribution in [-0.2, 0) is 11.2 Å². The maximum Gasteiger partial charge on any atom is 0.312 e. The summed E-state index contributed by atoms with van der Waals surface area (Å²) in [6.07, 6.45) is 0.819. The fourth-order valence-corrected chi connectivity index (χ4v) is 4.21. The number of nitrogens with two attached hydrogens (primary N) is 1. The second-order valence-electron chi connectivity index (χ2n) is 8.03. The van der Waals surface area contributed by atoms with E-state index in [2.05, 4.69) is 46.6 Å². The van der Waals surface area contributed by atoms with Gasteiger partial charge in [-0.1, -0.05) is 72.8 Å². The molecule has 32 heavy (non-hydrogen) atoms. The fraction of sp³-hybridized carbons (Fsp3) is 0.231. The molecule has 1 aliphatic rings. The first-order chi connectivity index (χ1) is 15.6. The zero-order valence-corrected chi connectivity index (χ0v) is 18.0. The number of carbonyl (C=O) groups is 2. The van der Waals surface area contributed by atoms with Gasteiger partial charge in [0.1, 0.15) is 0 Å². The zero-order valence-electron chi connectivity index (χ0n) is 18.0. The average molecular weight is 429 g/mol. The summed E-state index contributed by atoms with van der Waals surface area (Å²) >= 11 is 0. The first-order valence-corrected chi connectivity index (χ1v) is 10.9. The number of hydrogen-bond donors (Lipinski definition) is 2. The lowest BCUT2D eigenvalue weighted by atomic mass is 10.00. The van der Waals surface area contributed by atoms with Crippen LogP contribution >= 0.6 is 0 Å². The van der Waals surface area contributed by atoms with E-state index in [4.69, 9.17) is 5.73 Å². The third kappa shape index (κ3) is 5.34. The summed E-state index contributed by atoms with van der Waals surface area (Å²) < 4.78 is 0. The van der Waals surface area contributed by atoms with Crippen molar-refractivity contribution in [3.63, 3.8) is 0 Å². The Hall–Kier alpha value is -3.64. The second kappa shape index (κ2) is 10.1. The molecule has 0 radical (unpaired) electrons. The van der Waals surface area contributed by atoms with Crippen molar-refractivity contribution in [2.45, 2.75) is 12.5 Å². The Morgan fingerprint density at radius 3 is 2.34 bits per heavy atom.